The van der Waals surface area contributed by atoms with E-state index in [1.165, 1.54) is 17.0 Å². The molecule has 0 saturated carbocycles. The molecule has 30 heavy (non-hydrogen) atoms. The van der Waals surface area contributed by atoms with E-state index in [0.717, 1.165) is 38.2 Å². The fraction of sp³-hybridized carbons (Fsp3) is 0.565. The first-order valence-corrected chi connectivity index (χ1v) is 12.1. The molecule has 1 aliphatic rings. The van der Waals surface area contributed by atoms with E-state index in [1.54, 1.807) is 0 Å². The Morgan fingerprint density at radius 2 is 1.73 bits per heavy atom. The second kappa shape index (κ2) is 9.02. The summed E-state index contributed by atoms with van der Waals surface area (Å²) < 4.78 is 32.3. The first kappa shape index (κ1) is 24.3. The predicted molar refractivity (Wildman–Crippen MR) is 118 cm³/mol. The fourth-order valence-electron chi connectivity index (χ4n) is 5.03. The van der Waals surface area contributed by atoms with Gasteiger partial charge in [0.05, 0.1) is 16.1 Å². The van der Waals surface area contributed by atoms with Gasteiger partial charge in [0.25, 0.3) is 21.8 Å². The molecular weight excluding hydrogens is 402 g/mol. The molecule has 166 valence electrons. The molecule has 2 rings (SSSR count). The van der Waals surface area contributed by atoms with Crippen molar-refractivity contribution in [2.45, 2.75) is 71.6 Å². The van der Waals surface area contributed by atoms with Crippen molar-refractivity contribution in [3.8, 4) is 0 Å². The SMILES string of the molecule is C/C=C\C(C)(CCC)C(CC)(CCC)CN1C(=O)C(=O)c2cc(S(=O)(=O)O)ccc21. The molecule has 1 aliphatic heterocycles. The number of amides is 1. The quantitative estimate of drug-likeness (QED) is 0.316. The number of ketones is 1. The third-order valence-electron chi connectivity index (χ3n) is 6.62. The van der Waals surface area contributed by atoms with Crippen LogP contribution in [-0.4, -0.2) is 31.2 Å². The molecule has 1 aromatic carbocycles. The Morgan fingerprint density at radius 1 is 1.10 bits per heavy atom. The van der Waals surface area contributed by atoms with Crippen molar-refractivity contribution in [1.29, 1.82) is 0 Å². The van der Waals surface area contributed by atoms with Gasteiger partial charge in [-0.25, -0.2) is 0 Å². The van der Waals surface area contributed by atoms with Gasteiger partial charge in [0, 0.05) is 6.54 Å². The zero-order valence-corrected chi connectivity index (χ0v) is 19.4. The van der Waals surface area contributed by atoms with Gasteiger partial charge in [0.15, 0.2) is 0 Å². The molecule has 2 atom stereocenters. The second-order valence-corrected chi connectivity index (χ2v) is 9.85. The highest BCUT2D eigenvalue weighted by Crippen LogP contribution is 2.51. The first-order valence-electron chi connectivity index (χ1n) is 10.6. The number of hydrogen-bond donors (Lipinski definition) is 1. The van der Waals surface area contributed by atoms with Crippen LogP contribution in [0.15, 0.2) is 35.2 Å². The molecule has 2 unspecified atom stereocenters. The van der Waals surface area contributed by atoms with E-state index in [1.807, 2.05) is 6.92 Å². The monoisotopic (exact) mass is 435 g/mol. The van der Waals surface area contributed by atoms with Crippen molar-refractivity contribution >= 4 is 27.5 Å². The fourth-order valence-corrected chi connectivity index (χ4v) is 5.54. The topological polar surface area (TPSA) is 91.8 Å². The molecule has 0 bridgehead atoms. The summed E-state index contributed by atoms with van der Waals surface area (Å²) in [7, 11) is -4.46. The zero-order chi connectivity index (χ0) is 22.7. The minimum absolute atomic E-state index is 0.0276. The number of fused-ring (bicyclic) bond motifs is 1. The maximum absolute atomic E-state index is 12.9. The van der Waals surface area contributed by atoms with Crippen LogP contribution < -0.4 is 4.90 Å². The maximum Gasteiger partial charge on any atom is 0.299 e. The minimum atomic E-state index is -4.46. The molecule has 1 aromatic rings. The lowest BCUT2D eigenvalue weighted by Gasteiger charge is -2.49. The number of rotatable bonds is 10. The van der Waals surface area contributed by atoms with E-state index in [0.29, 0.717) is 12.2 Å². The minimum Gasteiger partial charge on any atom is -0.304 e. The summed E-state index contributed by atoms with van der Waals surface area (Å²) in [6.07, 6.45) is 8.89. The molecule has 0 aromatic heterocycles. The molecule has 6 nitrogen and oxygen atoms in total. The van der Waals surface area contributed by atoms with Crippen molar-refractivity contribution in [2.75, 3.05) is 11.4 Å². The van der Waals surface area contributed by atoms with Crippen LogP contribution in [0.4, 0.5) is 5.69 Å². The summed E-state index contributed by atoms with van der Waals surface area (Å²) in [5.41, 5.74) is 0.0242. The molecule has 1 heterocycles. The van der Waals surface area contributed by atoms with Gasteiger partial charge >= 0.3 is 0 Å². The normalized spacial score (nSPS) is 18.5. The predicted octanol–water partition coefficient (Wildman–Crippen LogP) is 5.04. The largest absolute Gasteiger partial charge is 0.304 e. The average Bonchev–Trinajstić information content (AvgIpc) is 2.91. The van der Waals surface area contributed by atoms with E-state index in [-0.39, 0.29) is 21.3 Å². The second-order valence-electron chi connectivity index (χ2n) is 8.43. The summed E-state index contributed by atoms with van der Waals surface area (Å²) in [5.74, 6) is -1.38. The Labute approximate surface area is 180 Å². The number of Topliss-reactive ketones (excluding diaryl/α,β-unsaturated/α-hetero) is 1. The van der Waals surface area contributed by atoms with Crippen molar-refractivity contribution in [2.24, 2.45) is 10.8 Å². The Balaban J connectivity index is 2.60. The van der Waals surface area contributed by atoms with E-state index in [4.69, 9.17) is 0 Å². The number of benzene rings is 1. The van der Waals surface area contributed by atoms with Crippen LogP contribution in [0.1, 0.15) is 77.1 Å². The Kier molecular flexibility index (Phi) is 7.30. The lowest BCUT2D eigenvalue weighted by atomic mass is 9.58. The molecule has 0 fully saturated rings. The summed E-state index contributed by atoms with van der Waals surface area (Å²) in [4.78, 5) is 26.7. The van der Waals surface area contributed by atoms with Gasteiger partial charge in [-0.1, -0.05) is 52.7 Å². The van der Waals surface area contributed by atoms with Crippen LogP contribution in [0.2, 0.25) is 0 Å². The highest BCUT2D eigenvalue weighted by Gasteiger charge is 2.48. The summed E-state index contributed by atoms with van der Waals surface area (Å²) in [6, 6.07) is 3.77. The maximum atomic E-state index is 12.9. The molecule has 0 aliphatic carbocycles. The molecule has 7 heteroatoms. The molecular formula is C23H33NO5S. The summed E-state index contributed by atoms with van der Waals surface area (Å²) in [5, 5.41) is 0. The molecule has 1 amide bonds. The third-order valence-corrected chi connectivity index (χ3v) is 7.47. The number of anilines is 1. The Morgan fingerprint density at radius 3 is 2.23 bits per heavy atom. The van der Waals surface area contributed by atoms with Gasteiger partial charge in [-0.3, -0.25) is 14.1 Å². The number of carbonyl (C=O) groups is 2. The van der Waals surface area contributed by atoms with Crippen LogP contribution >= 0.6 is 0 Å². The lowest BCUT2D eigenvalue weighted by Crippen LogP contribution is -2.49. The first-order chi connectivity index (χ1) is 14.0. The van der Waals surface area contributed by atoms with E-state index < -0.39 is 21.8 Å². The molecule has 0 saturated heterocycles. The summed E-state index contributed by atoms with van der Waals surface area (Å²) in [6.45, 7) is 11.0. The number of carbonyl (C=O) groups excluding carboxylic acids is 2. The third kappa shape index (κ3) is 4.23. The van der Waals surface area contributed by atoms with Crippen LogP contribution in [0.25, 0.3) is 0 Å². The smallest absolute Gasteiger partial charge is 0.299 e. The highest BCUT2D eigenvalue weighted by molar-refractivity contribution is 7.85. The van der Waals surface area contributed by atoms with Gasteiger partial charge < -0.3 is 4.90 Å². The van der Waals surface area contributed by atoms with Crippen LogP contribution in [0.5, 0.6) is 0 Å². The van der Waals surface area contributed by atoms with Gasteiger partial charge in [-0.15, -0.1) is 0 Å². The Bertz CT molecular complexity index is 952. The van der Waals surface area contributed by atoms with Gasteiger partial charge in [0.2, 0.25) is 0 Å². The highest BCUT2D eigenvalue weighted by atomic mass is 32.2. The van der Waals surface area contributed by atoms with Gasteiger partial charge in [-0.2, -0.15) is 8.42 Å². The number of nitrogens with zero attached hydrogens (tertiary/aromatic N) is 1. The average molecular weight is 436 g/mol. The van der Waals surface area contributed by atoms with Gasteiger partial charge in [-0.05, 0) is 55.2 Å². The zero-order valence-electron chi connectivity index (χ0n) is 18.6. The van der Waals surface area contributed by atoms with Crippen LogP contribution in [0, 0.1) is 10.8 Å². The molecule has 1 N–H and O–H groups in total. The number of allylic oxidation sites excluding steroid dienone is 2. The standard InChI is InChI=1S/C23H33NO5S/c1-6-12-22(5,13-7-2)23(9-4,14-8-3)16-24-19-11-10-17(30(27,28)29)15-18(19)20(25)21(24)26/h6,10-12,15H,7-9,13-14,16H2,1-5H3,(H,27,28,29)/b12-6-. The van der Waals surface area contributed by atoms with Crippen molar-refractivity contribution in [3.05, 3.63) is 35.9 Å². The van der Waals surface area contributed by atoms with E-state index >= 15 is 0 Å². The summed E-state index contributed by atoms with van der Waals surface area (Å²) >= 11 is 0. The van der Waals surface area contributed by atoms with Crippen molar-refractivity contribution in [1.82, 2.24) is 0 Å². The van der Waals surface area contributed by atoms with Crippen LogP contribution in [-0.2, 0) is 14.9 Å². The number of hydrogen-bond acceptors (Lipinski definition) is 4. The lowest BCUT2D eigenvalue weighted by molar-refractivity contribution is -0.115. The Hall–Kier alpha value is -1.99. The molecule has 0 radical (unpaired) electrons. The van der Waals surface area contributed by atoms with Crippen LogP contribution in [0.3, 0.4) is 0 Å². The van der Waals surface area contributed by atoms with Gasteiger partial charge in [0.1, 0.15) is 0 Å². The van der Waals surface area contributed by atoms with Crippen molar-refractivity contribution < 1.29 is 22.6 Å². The molecule has 0 spiro atoms. The van der Waals surface area contributed by atoms with E-state index in [2.05, 4.69) is 39.8 Å². The van der Waals surface area contributed by atoms with E-state index in [9.17, 15) is 22.6 Å². The van der Waals surface area contributed by atoms with Crippen molar-refractivity contribution in [3.63, 3.8) is 0 Å².